The summed E-state index contributed by atoms with van der Waals surface area (Å²) in [6, 6.07) is 12.3. The van der Waals surface area contributed by atoms with Gasteiger partial charge in [0.25, 0.3) is 5.91 Å². The van der Waals surface area contributed by atoms with E-state index in [1.165, 1.54) is 7.11 Å². The Morgan fingerprint density at radius 2 is 1.82 bits per heavy atom. The fourth-order valence-corrected chi connectivity index (χ4v) is 4.87. The highest BCUT2D eigenvalue weighted by atomic mass is 19.1. The molecule has 2 aromatic rings. The Kier molecular flexibility index (Phi) is 6.51. The molecule has 4 rings (SSSR count). The summed E-state index contributed by atoms with van der Waals surface area (Å²) < 4.78 is 20.7. The van der Waals surface area contributed by atoms with Crippen LogP contribution in [-0.4, -0.2) is 37.0 Å². The topological polar surface area (TPSA) is 70.4 Å². The van der Waals surface area contributed by atoms with Gasteiger partial charge >= 0.3 is 5.97 Å². The molecule has 1 saturated carbocycles. The lowest BCUT2D eigenvalue weighted by Crippen LogP contribution is -2.43. The number of alkyl halides is 1. The summed E-state index contributed by atoms with van der Waals surface area (Å²) in [5.74, 6) is -0.252. The molecule has 6 heteroatoms. The van der Waals surface area contributed by atoms with Gasteiger partial charge in [0.05, 0.1) is 24.3 Å². The first-order valence-electron chi connectivity index (χ1n) is 11.6. The number of rotatable bonds is 5. The monoisotopic (exact) mass is 448 g/mol. The second-order valence-electron chi connectivity index (χ2n) is 9.02. The van der Waals surface area contributed by atoms with Crippen LogP contribution in [0.15, 0.2) is 36.4 Å². The number of aryl methyl sites for hydroxylation is 1. The molecule has 1 amide bonds. The average molecular weight is 449 g/mol. The molecule has 1 aliphatic heterocycles. The number of carbonyl (C=O) groups excluding carboxylic acids is 2. The molecule has 0 spiro atoms. The van der Waals surface area contributed by atoms with Crippen molar-refractivity contribution in [1.29, 1.82) is 5.26 Å². The second kappa shape index (κ2) is 9.35. The van der Waals surface area contributed by atoms with Crippen LogP contribution in [0, 0.1) is 11.3 Å². The Labute approximate surface area is 194 Å². The number of halogens is 1. The van der Waals surface area contributed by atoms with E-state index in [2.05, 4.69) is 0 Å². The van der Waals surface area contributed by atoms with Crippen LogP contribution in [0.25, 0.3) is 0 Å². The first kappa shape index (κ1) is 23.0. The van der Waals surface area contributed by atoms with Crippen LogP contribution >= 0.6 is 0 Å². The van der Waals surface area contributed by atoms with Crippen molar-refractivity contribution in [1.82, 2.24) is 4.90 Å². The van der Waals surface area contributed by atoms with Crippen molar-refractivity contribution < 1.29 is 18.7 Å². The zero-order chi connectivity index (χ0) is 23.6. The highest BCUT2D eigenvalue weighted by Gasteiger charge is 2.38. The molecule has 1 saturated heterocycles. The number of benzene rings is 2. The molecule has 2 aliphatic rings. The first-order valence-corrected chi connectivity index (χ1v) is 11.6. The molecular formula is C27H29FN2O3. The zero-order valence-corrected chi connectivity index (χ0v) is 19.2. The maximum absolute atomic E-state index is 15.6. The lowest BCUT2D eigenvalue weighted by Gasteiger charge is -2.37. The van der Waals surface area contributed by atoms with Gasteiger partial charge in [-0.25, -0.2) is 9.18 Å². The van der Waals surface area contributed by atoms with E-state index in [9.17, 15) is 9.59 Å². The molecule has 2 aromatic carbocycles. The number of amides is 1. The minimum Gasteiger partial charge on any atom is -0.465 e. The van der Waals surface area contributed by atoms with E-state index in [0.29, 0.717) is 34.6 Å². The van der Waals surface area contributed by atoms with E-state index in [1.807, 2.05) is 19.1 Å². The van der Waals surface area contributed by atoms with Crippen molar-refractivity contribution in [2.45, 2.75) is 57.0 Å². The molecule has 1 heterocycles. The van der Waals surface area contributed by atoms with E-state index in [4.69, 9.17) is 10.00 Å². The third-order valence-corrected chi connectivity index (χ3v) is 7.21. The second-order valence-corrected chi connectivity index (χ2v) is 9.02. The van der Waals surface area contributed by atoms with Crippen LogP contribution in [0.5, 0.6) is 0 Å². The molecule has 0 unspecified atom stereocenters. The fraction of sp³-hybridized carbons (Fsp3) is 0.444. The SMILES string of the molecule is CCc1cc(C2CCC2)c(C(=O)OC)cc1C(=O)N1CCC(F)(c2ccc(C#N)cc2)CC1. The van der Waals surface area contributed by atoms with Gasteiger partial charge < -0.3 is 9.64 Å². The number of hydrogen-bond donors (Lipinski definition) is 0. The summed E-state index contributed by atoms with van der Waals surface area (Å²) in [5.41, 5.74) is 2.38. The van der Waals surface area contributed by atoms with Crippen molar-refractivity contribution in [2.75, 3.05) is 20.2 Å². The van der Waals surface area contributed by atoms with Gasteiger partial charge in [0.1, 0.15) is 5.67 Å². The van der Waals surface area contributed by atoms with Gasteiger partial charge in [-0.15, -0.1) is 0 Å². The van der Waals surface area contributed by atoms with E-state index >= 15 is 4.39 Å². The van der Waals surface area contributed by atoms with Gasteiger partial charge in [0, 0.05) is 31.5 Å². The number of esters is 1. The van der Waals surface area contributed by atoms with E-state index in [1.54, 1.807) is 35.2 Å². The number of nitrogens with zero attached hydrogens (tertiary/aromatic N) is 2. The largest absolute Gasteiger partial charge is 0.465 e. The Morgan fingerprint density at radius 1 is 1.15 bits per heavy atom. The van der Waals surface area contributed by atoms with Gasteiger partial charge in [-0.05, 0) is 60.1 Å². The van der Waals surface area contributed by atoms with Gasteiger partial charge in [-0.1, -0.05) is 31.5 Å². The zero-order valence-electron chi connectivity index (χ0n) is 19.2. The van der Waals surface area contributed by atoms with Crippen LogP contribution < -0.4 is 0 Å². The number of nitriles is 1. The number of methoxy groups -OCH3 is 1. The summed E-state index contributed by atoms with van der Waals surface area (Å²) in [6.07, 6.45) is 4.28. The smallest absolute Gasteiger partial charge is 0.338 e. The third kappa shape index (κ3) is 4.37. The summed E-state index contributed by atoms with van der Waals surface area (Å²) >= 11 is 0. The molecule has 0 atom stereocenters. The van der Waals surface area contributed by atoms with Crippen molar-refractivity contribution in [3.8, 4) is 6.07 Å². The van der Waals surface area contributed by atoms with Gasteiger partial charge in [0.15, 0.2) is 0 Å². The predicted molar refractivity (Wildman–Crippen MR) is 123 cm³/mol. The van der Waals surface area contributed by atoms with E-state index in [-0.39, 0.29) is 31.8 Å². The van der Waals surface area contributed by atoms with E-state index < -0.39 is 11.6 Å². The van der Waals surface area contributed by atoms with Gasteiger partial charge in [0.2, 0.25) is 0 Å². The Bertz CT molecular complexity index is 1090. The fourth-order valence-electron chi connectivity index (χ4n) is 4.87. The maximum Gasteiger partial charge on any atom is 0.338 e. The number of carbonyl (C=O) groups is 2. The number of likely N-dealkylation sites (tertiary alicyclic amines) is 1. The Hall–Kier alpha value is -3.20. The number of ether oxygens (including phenoxy) is 1. The summed E-state index contributed by atoms with van der Waals surface area (Å²) in [5, 5.41) is 8.97. The minimum absolute atomic E-state index is 0.168. The minimum atomic E-state index is -1.52. The molecule has 0 aromatic heterocycles. The van der Waals surface area contributed by atoms with Crippen molar-refractivity contribution in [3.63, 3.8) is 0 Å². The molecular weight excluding hydrogens is 419 g/mol. The van der Waals surface area contributed by atoms with Crippen LogP contribution in [0.2, 0.25) is 0 Å². The molecule has 2 fully saturated rings. The molecule has 0 bridgehead atoms. The molecule has 0 radical (unpaired) electrons. The van der Waals surface area contributed by atoms with Gasteiger partial charge in [-0.2, -0.15) is 5.26 Å². The predicted octanol–water partition coefficient (Wildman–Crippen LogP) is 5.28. The summed E-state index contributed by atoms with van der Waals surface area (Å²) in [4.78, 5) is 27.6. The lowest BCUT2D eigenvalue weighted by molar-refractivity contribution is 0.0420. The lowest BCUT2D eigenvalue weighted by atomic mass is 9.76. The number of hydrogen-bond acceptors (Lipinski definition) is 4. The van der Waals surface area contributed by atoms with Crippen molar-refractivity contribution in [2.24, 2.45) is 0 Å². The molecule has 5 nitrogen and oxygen atoms in total. The average Bonchev–Trinajstić information content (AvgIpc) is 2.82. The molecule has 1 aliphatic carbocycles. The summed E-state index contributed by atoms with van der Waals surface area (Å²) in [6.45, 7) is 2.58. The number of piperidine rings is 1. The van der Waals surface area contributed by atoms with Crippen LogP contribution in [0.1, 0.15) is 87.9 Å². The maximum atomic E-state index is 15.6. The van der Waals surface area contributed by atoms with E-state index in [0.717, 1.165) is 30.4 Å². The normalized spacial score (nSPS) is 17.7. The molecule has 33 heavy (non-hydrogen) atoms. The van der Waals surface area contributed by atoms with Crippen molar-refractivity contribution >= 4 is 11.9 Å². The van der Waals surface area contributed by atoms with Crippen LogP contribution in [0.4, 0.5) is 4.39 Å². The molecule has 0 N–H and O–H groups in total. The quantitative estimate of drug-likeness (QED) is 0.584. The first-order chi connectivity index (χ1) is 15.9. The Morgan fingerprint density at radius 3 is 2.33 bits per heavy atom. The van der Waals surface area contributed by atoms with Gasteiger partial charge in [-0.3, -0.25) is 4.79 Å². The highest BCUT2D eigenvalue weighted by Crippen LogP contribution is 2.40. The van der Waals surface area contributed by atoms with Crippen LogP contribution in [0.3, 0.4) is 0 Å². The van der Waals surface area contributed by atoms with Crippen molar-refractivity contribution in [3.05, 3.63) is 69.8 Å². The Balaban J connectivity index is 1.56. The highest BCUT2D eigenvalue weighted by molar-refractivity contribution is 6.00. The standard InChI is InChI=1S/C27H29FN2O3/c1-3-19-15-22(20-5-4-6-20)24(26(32)33-2)16-23(19)25(31)30-13-11-27(28,12-14-30)21-9-7-18(17-29)8-10-21/h7-10,15-16,20H,3-6,11-14H2,1-2H3. The third-order valence-electron chi connectivity index (χ3n) is 7.21. The molecule has 172 valence electrons. The van der Waals surface area contributed by atoms with Crippen LogP contribution in [-0.2, 0) is 16.8 Å². The summed E-state index contributed by atoms with van der Waals surface area (Å²) in [7, 11) is 1.36.